The third kappa shape index (κ3) is 0.954. The Bertz CT molecular complexity index is 255. The lowest BCUT2D eigenvalue weighted by atomic mass is 9.54. The first kappa shape index (κ1) is 9.20. The summed E-state index contributed by atoms with van der Waals surface area (Å²) in [4.78, 5) is 22.2. The first-order valence-electron chi connectivity index (χ1n) is 4.80. The maximum Gasteiger partial charge on any atom is 0.174 e. The Morgan fingerprint density at radius 3 is 2.00 bits per heavy atom. The second kappa shape index (κ2) is 2.57. The predicted octanol–water partition coefficient (Wildman–Crippen LogP) is 2.09. The fourth-order valence-corrected chi connectivity index (χ4v) is 3.01. The summed E-state index contributed by atoms with van der Waals surface area (Å²) in [5.74, 6) is -0.0715. The topological polar surface area (TPSA) is 34.1 Å². The summed E-state index contributed by atoms with van der Waals surface area (Å²) in [6, 6.07) is 0. The summed E-state index contributed by atoms with van der Waals surface area (Å²) in [5, 5.41) is 0. The Hall–Kier alpha value is -0.370. The van der Waals surface area contributed by atoms with Crippen LogP contribution >= 0.6 is 11.6 Å². The van der Waals surface area contributed by atoms with Crippen molar-refractivity contribution in [3.63, 3.8) is 0 Å². The molecule has 2 aliphatic rings. The monoisotopic (exact) mass is 200 g/mol. The number of rotatable bonds is 0. The summed E-state index contributed by atoms with van der Waals surface area (Å²) < 4.78 is 0. The maximum absolute atomic E-state index is 11.7. The van der Waals surface area contributed by atoms with Gasteiger partial charge >= 0.3 is 0 Å². The molecule has 0 aromatic rings. The van der Waals surface area contributed by atoms with Crippen LogP contribution in [0.3, 0.4) is 0 Å². The molecule has 0 aromatic carbocycles. The van der Waals surface area contributed by atoms with Crippen LogP contribution in [-0.2, 0) is 9.59 Å². The van der Waals surface area contributed by atoms with E-state index in [2.05, 4.69) is 0 Å². The highest BCUT2D eigenvalue weighted by atomic mass is 35.5. The van der Waals surface area contributed by atoms with Crippen LogP contribution in [0.4, 0.5) is 0 Å². The number of carbonyl (C=O) groups is 2. The molecule has 1 spiro atoms. The van der Waals surface area contributed by atoms with Crippen LogP contribution in [0.5, 0.6) is 0 Å². The van der Waals surface area contributed by atoms with Crippen molar-refractivity contribution >= 4 is 23.2 Å². The van der Waals surface area contributed by atoms with E-state index in [1.807, 2.05) is 0 Å². The van der Waals surface area contributed by atoms with Gasteiger partial charge in [0.15, 0.2) is 16.4 Å². The third-order valence-corrected chi connectivity index (χ3v) is 3.77. The lowest BCUT2D eigenvalue weighted by Gasteiger charge is -2.49. The molecule has 0 heterocycles. The summed E-state index contributed by atoms with van der Waals surface area (Å²) in [6.07, 6.45) is 4.58. The Labute approximate surface area is 82.6 Å². The molecule has 2 fully saturated rings. The van der Waals surface area contributed by atoms with Crippen molar-refractivity contribution in [1.82, 2.24) is 0 Å². The number of hydrogen-bond donors (Lipinski definition) is 0. The highest BCUT2D eigenvalue weighted by molar-refractivity contribution is 6.56. The highest BCUT2D eigenvalue weighted by Gasteiger charge is 2.67. The van der Waals surface area contributed by atoms with E-state index < -0.39 is 10.3 Å². The molecule has 72 valence electrons. The quantitative estimate of drug-likeness (QED) is 0.443. The SMILES string of the molecule is CC1(Cl)C(=O)C2(CCCCC2)C1=O. The van der Waals surface area contributed by atoms with Gasteiger partial charge in [-0.1, -0.05) is 19.3 Å². The van der Waals surface area contributed by atoms with E-state index in [1.54, 1.807) is 0 Å². The number of carbonyl (C=O) groups excluding carboxylic acids is 2. The molecule has 0 aliphatic heterocycles. The van der Waals surface area contributed by atoms with Gasteiger partial charge in [0.2, 0.25) is 0 Å². The number of ketones is 2. The largest absolute Gasteiger partial charge is 0.296 e. The zero-order valence-corrected chi connectivity index (χ0v) is 8.49. The molecule has 2 rings (SSSR count). The highest BCUT2D eigenvalue weighted by Crippen LogP contribution is 2.53. The predicted molar refractivity (Wildman–Crippen MR) is 49.8 cm³/mol. The van der Waals surface area contributed by atoms with Crippen molar-refractivity contribution in [3.05, 3.63) is 0 Å². The number of alkyl halides is 1. The van der Waals surface area contributed by atoms with Gasteiger partial charge in [-0.15, -0.1) is 11.6 Å². The minimum absolute atomic E-state index is 0.0358. The van der Waals surface area contributed by atoms with Gasteiger partial charge in [0.25, 0.3) is 0 Å². The second-order valence-electron chi connectivity index (χ2n) is 4.30. The van der Waals surface area contributed by atoms with Gasteiger partial charge in [-0.25, -0.2) is 0 Å². The van der Waals surface area contributed by atoms with E-state index in [1.165, 1.54) is 6.92 Å². The molecule has 2 aliphatic carbocycles. The van der Waals surface area contributed by atoms with Gasteiger partial charge in [0.05, 0.1) is 5.41 Å². The molecule has 0 unspecified atom stereocenters. The average molecular weight is 201 g/mol. The molecule has 2 saturated carbocycles. The van der Waals surface area contributed by atoms with E-state index in [4.69, 9.17) is 11.6 Å². The molecule has 0 radical (unpaired) electrons. The summed E-state index contributed by atoms with van der Waals surface area (Å²) in [6.45, 7) is 1.53. The number of halogens is 1. The van der Waals surface area contributed by atoms with Crippen LogP contribution in [0.25, 0.3) is 0 Å². The van der Waals surface area contributed by atoms with E-state index in [0.717, 1.165) is 32.1 Å². The maximum atomic E-state index is 11.7. The molecule has 3 heteroatoms. The van der Waals surface area contributed by atoms with Gasteiger partial charge < -0.3 is 0 Å². The van der Waals surface area contributed by atoms with Crippen molar-refractivity contribution in [2.24, 2.45) is 5.41 Å². The molecule has 2 nitrogen and oxygen atoms in total. The lowest BCUT2D eigenvalue weighted by Crippen LogP contribution is -2.67. The Kier molecular flexibility index (Phi) is 1.82. The van der Waals surface area contributed by atoms with Gasteiger partial charge in [-0.3, -0.25) is 9.59 Å². The van der Waals surface area contributed by atoms with Crippen molar-refractivity contribution in [2.75, 3.05) is 0 Å². The fraction of sp³-hybridized carbons (Fsp3) is 0.800. The zero-order chi connectivity index (χ0) is 9.69. The van der Waals surface area contributed by atoms with E-state index in [0.29, 0.717) is 0 Å². The van der Waals surface area contributed by atoms with E-state index in [-0.39, 0.29) is 11.6 Å². The first-order chi connectivity index (χ1) is 6.02. The van der Waals surface area contributed by atoms with Gasteiger partial charge in [-0.2, -0.15) is 0 Å². The minimum Gasteiger partial charge on any atom is -0.296 e. The standard InChI is InChI=1S/C10H13ClO2/c1-9(11)7(12)10(8(9)13)5-3-2-4-6-10/h2-6H2,1H3. The molecular formula is C10H13ClO2. The smallest absolute Gasteiger partial charge is 0.174 e. The van der Waals surface area contributed by atoms with Crippen LogP contribution in [-0.4, -0.2) is 16.4 Å². The summed E-state index contributed by atoms with van der Waals surface area (Å²) in [7, 11) is 0. The fourth-order valence-electron chi connectivity index (χ4n) is 2.65. The van der Waals surface area contributed by atoms with Crippen LogP contribution in [0.15, 0.2) is 0 Å². The van der Waals surface area contributed by atoms with E-state index >= 15 is 0 Å². The third-order valence-electron chi connectivity index (χ3n) is 3.43. The van der Waals surface area contributed by atoms with Crippen LogP contribution < -0.4 is 0 Å². The molecule has 0 N–H and O–H groups in total. The lowest BCUT2D eigenvalue weighted by molar-refractivity contribution is -0.160. The van der Waals surface area contributed by atoms with Gasteiger partial charge in [0.1, 0.15) is 0 Å². The normalized spacial score (nSPS) is 30.3. The molecule has 0 amide bonds. The second-order valence-corrected chi connectivity index (χ2v) is 5.06. The van der Waals surface area contributed by atoms with E-state index in [9.17, 15) is 9.59 Å². The Balaban J connectivity index is 2.27. The first-order valence-corrected chi connectivity index (χ1v) is 5.18. The molecule has 0 atom stereocenters. The van der Waals surface area contributed by atoms with Crippen molar-refractivity contribution < 1.29 is 9.59 Å². The number of hydrogen-bond acceptors (Lipinski definition) is 2. The van der Waals surface area contributed by atoms with Gasteiger partial charge in [0, 0.05) is 0 Å². The average Bonchev–Trinajstić information content (AvgIpc) is 2.17. The van der Waals surface area contributed by atoms with Crippen molar-refractivity contribution in [1.29, 1.82) is 0 Å². The molecule has 0 bridgehead atoms. The van der Waals surface area contributed by atoms with Crippen molar-refractivity contribution in [2.45, 2.75) is 43.9 Å². The van der Waals surface area contributed by atoms with Crippen LogP contribution in [0.2, 0.25) is 0 Å². The Morgan fingerprint density at radius 1 is 1.08 bits per heavy atom. The molecule has 13 heavy (non-hydrogen) atoms. The summed E-state index contributed by atoms with van der Waals surface area (Å²) >= 11 is 5.83. The Morgan fingerprint density at radius 2 is 1.54 bits per heavy atom. The van der Waals surface area contributed by atoms with Gasteiger partial charge in [-0.05, 0) is 19.8 Å². The molecule has 0 aromatic heterocycles. The van der Waals surface area contributed by atoms with Crippen LogP contribution in [0, 0.1) is 5.41 Å². The minimum atomic E-state index is -1.20. The van der Waals surface area contributed by atoms with Crippen LogP contribution in [0.1, 0.15) is 39.0 Å². The zero-order valence-electron chi connectivity index (χ0n) is 7.73. The molecular weight excluding hydrogens is 188 g/mol. The van der Waals surface area contributed by atoms with Crippen molar-refractivity contribution in [3.8, 4) is 0 Å². The number of Topliss-reactive ketones (excluding diaryl/α,β-unsaturated/α-hetero) is 2. The summed E-state index contributed by atoms with van der Waals surface area (Å²) in [5.41, 5.74) is -0.658. The molecule has 0 saturated heterocycles.